The summed E-state index contributed by atoms with van der Waals surface area (Å²) in [6.45, 7) is 7.54. The molecule has 1 N–H and O–H groups in total. The lowest BCUT2D eigenvalue weighted by atomic mass is 9.91. The highest BCUT2D eigenvalue weighted by molar-refractivity contribution is 5.95. The molecular weight excluding hydrogens is 330 g/mol. The minimum absolute atomic E-state index is 0.216. The van der Waals surface area contributed by atoms with Gasteiger partial charge in [0.2, 0.25) is 0 Å². The first-order chi connectivity index (χ1) is 12.4. The largest absolute Gasteiger partial charge is 0.463 e. The normalized spacial score (nSPS) is 17.5. The average molecular weight is 359 g/mol. The van der Waals surface area contributed by atoms with Crippen molar-refractivity contribution in [3.8, 4) is 0 Å². The molecule has 1 unspecified atom stereocenters. The molecule has 1 aliphatic rings. The van der Waals surface area contributed by atoms with Crippen molar-refractivity contribution in [1.82, 2.24) is 15.1 Å². The maximum Gasteiger partial charge on any atom is 0.338 e. The van der Waals surface area contributed by atoms with E-state index in [2.05, 4.69) is 17.1 Å². The number of ether oxygens (including phenoxy) is 1. The summed E-state index contributed by atoms with van der Waals surface area (Å²) in [5.74, 6) is -0.382. The quantitative estimate of drug-likeness (QED) is 0.761. The second kappa shape index (κ2) is 8.85. The molecule has 0 aromatic heterocycles. The number of nitrogens with one attached hydrogen (secondary N) is 1. The molecule has 0 saturated carbocycles. The molecule has 0 radical (unpaired) electrons. The monoisotopic (exact) mass is 359 g/mol. The fourth-order valence-electron chi connectivity index (χ4n) is 3.26. The number of nitrogens with zero attached hydrogens (tertiary/aromatic N) is 2. The van der Waals surface area contributed by atoms with E-state index in [-0.39, 0.29) is 12.0 Å². The van der Waals surface area contributed by atoms with Gasteiger partial charge in [-0.3, -0.25) is 4.90 Å². The van der Waals surface area contributed by atoms with Crippen LogP contribution in [0.3, 0.4) is 0 Å². The van der Waals surface area contributed by atoms with E-state index in [0.717, 1.165) is 24.1 Å². The molecule has 26 heavy (non-hydrogen) atoms. The molecule has 0 spiro atoms. The van der Waals surface area contributed by atoms with Gasteiger partial charge in [0.15, 0.2) is 0 Å². The van der Waals surface area contributed by atoms with Crippen molar-refractivity contribution in [2.24, 2.45) is 0 Å². The molecule has 0 bridgehead atoms. The van der Waals surface area contributed by atoms with E-state index in [1.807, 2.05) is 38.2 Å². The smallest absolute Gasteiger partial charge is 0.338 e. The summed E-state index contributed by atoms with van der Waals surface area (Å²) in [5.41, 5.74) is 3.13. The maximum absolute atomic E-state index is 12.8. The number of urea groups is 1. The molecule has 1 aromatic carbocycles. The second-order valence-corrected chi connectivity index (χ2v) is 6.62. The van der Waals surface area contributed by atoms with Crippen LogP contribution >= 0.6 is 0 Å². The van der Waals surface area contributed by atoms with E-state index in [4.69, 9.17) is 4.74 Å². The van der Waals surface area contributed by atoms with E-state index >= 15 is 0 Å². The minimum Gasteiger partial charge on any atom is -0.463 e. The van der Waals surface area contributed by atoms with Crippen LogP contribution in [0.2, 0.25) is 0 Å². The van der Waals surface area contributed by atoms with Gasteiger partial charge in [-0.2, -0.15) is 0 Å². The zero-order chi connectivity index (χ0) is 19.3. The lowest BCUT2D eigenvalue weighted by molar-refractivity contribution is -0.139. The Morgan fingerprint density at radius 3 is 2.62 bits per heavy atom. The van der Waals surface area contributed by atoms with Gasteiger partial charge in [0, 0.05) is 19.3 Å². The molecule has 1 atom stereocenters. The summed E-state index contributed by atoms with van der Waals surface area (Å²) in [7, 11) is 3.68. The first-order valence-electron chi connectivity index (χ1n) is 9.09. The second-order valence-electron chi connectivity index (χ2n) is 6.62. The highest BCUT2D eigenvalue weighted by atomic mass is 16.5. The maximum atomic E-state index is 12.8. The van der Waals surface area contributed by atoms with Gasteiger partial charge in [-0.15, -0.1) is 0 Å². The Balaban J connectivity index is 2.57. The van der Waals surface area contributed by atoms with Crippen LogP contribution in [-0.2, 0) is 9.53 Å². The van der Waals surface area contributed by atoms with Gasteiger partial charge in [0.25, 0.3) is 0 Å². The Morgan fingerprint density at radius 2 is 2.00 bits per heavy atom. The van der Waals surface area contributed by atoms with Gasteiger partial charge in [-0.25, -0.2) is 9.59 Å². The summed E-state index contributed by atoms with van der Waals surface area (Å²) in [5, 5.41) is 2.96. The number of hydrogen-bond donors (Lipinski definition) is 1. The van der Waals surface area contributed by atoms with E-state index in [1.54, 1.807) is 14.0 Å². The predicted octanol–water partition coefficient (Wildman–Crippen LogP) is 2.85. The van der Waals surface area contributed by atoms with Crippen LogP contribution in [0.4, 0.5) is 4.79 Å². The lowest BCUT2D eigenvalue weighted by Crippen LogP contribution is -2.49. The number of aryl methyl sites for hydroxylation is 1. The molecule has 2 rings (SSSR count). The molecule has 1 aliphatic heterocycles. The number of benzene rings is 1. The molecule has 142 valence electrons. The molecule has 0 aliphatic carbocycles. The minimum atomic E-state index is -0.510. The Morgan fingerprint density at radius 1 is 1.31 bits per heavy atom. The van der Waals surface area contributed by atoms with Crippen LogP contribution in [-0.4, -0.2) is 55.6 Å². The molecule has 1 aromatic rings. The summed E-state index contributed by atoms with van der Waals surface area (Å²) >= 11 is 0. The highest BCUT2D eigenvalue weighted by Crippen LogP contribution is 2.32. The molecular formula is C20H29N3O3. The molecule has 2 amide bonds. The summed E-state index contributed by atoms with van der Waals surface area (Å²) in [6.07, 6.45) is 0.996. The number of likely N-dealkylation sites (N-methyl/N-ethyl adjacent to an activating group) is 2. The van der Waals surface area contributed by atoms with Crippen molar-refractivity contribution >= 4 is 12.0 Å². The summed E-state index contributed by atoms with van der Waals surface area (Å²) < 4.78 is 5.34. The van der Waals surface area contributed by atoms with Gasteiger partial charge in [-0.05, 0) is 45.0 Å². The Hall–Kier alpha value is -2.34. The van der Waals surface area contributed by atoms with Gasteiger partial charge >= 0.3 is 12.0 Å². The van der Waals surface area contributed by atoms with Gasteiger partial charge in [0.1, 0.15) is 0 Å². The molecule has 1 heterocycles. The van der Waals surface area contributed by atoms with E-state index < -0.39 is 6.04 Å². The lowest BCUT2D eigenvalue weighted by Gasteiger charge is -2.36. The first-order valence-corrected chi connectivity index (χ1v) is 9.09. The first kappa shape index (κ1) is 20.0. The van der Waals surface area contributed by atoms with Crippen molar-refractivity contribution in [2.75, 3.05) is 33.8 Å². The fraction of sp³-hybridized carbons (Fsp3) is 0.500. The van der Waals surface area contributed by atoms with Crippen molar-refractivity contribution in [1.29, 1.82) is 0 Å². The highest BCUT2D eigenvalue weighted by Gasteiger charge is 2.37. The van der Waals surface area contributed by atoms with Gasteiger partial charge < -0.3 is 15.0 Å². The number of rotatable bonds is 7. The van der Waals surface area contributed by atoms with Crippen LogP contribution in [0.15, 0.2) is 35.5 Å². The molecule has 6 heteroatoms. The van der Waals surface area contributed by atoms with Crippen molar-refractivity contribution < 1.29 is 14.3 Å². The zero-order valence-electron chi connectivity index (χ0n) is 16.3. The van der Waals surface area contributed by atoms with Gasteiger partial charge in [0.05, 0.1) is 18.2 Å². The predicted molar refractivity (Wildman–Crippen MR) is 102 cm³/mol. The van der Waals surface area contributed by atoms with E-state index in [0.29, 0.717) is 24.4 Å². The van der Waals surface area contributed by atoms with Crippen LogP contribution in [0, 0.1) is 6.92 Å². The molecule has 0 saturated heterocycles. The van der Waals surface area contributed by atoms with E-state index in [9.17, 15) is 9.59 Å². The summed E-state index contributed by atoms with van der Waals surface area (Å²) in [4.78, 5) is 29.0. The third kappa shape index (κ3) is 4.25. The SMILES string of the molecule is CCCN(C)CC1=C(C(=O)OCC)C(c2ccccc2C)NC(=O)N1C. The van der Waals surface area contributed by atoms with E-state index in [1.165, 1.54) is 4.90 Å². The third-order valence-corrected chi connectivity index (χ3v) is 4.60. The standard InChI is InChI=1S/C20H29N3O3/c1-6-12-22(4)13-16-17(19(24)26-7-2)18(21-20(25)23(16)5)15-11-9-8-10-14(15)3/h8-11,18H,6-7,12-13H2,1-5H3,(H,21,25). The average Bonchev–Trinajstić information content (AvgIpc) is 2.59. The topological polar surface area (TPSA) is 61.9 Å². The van der Waals surface area contributed by atoms with Crippen molar-refractivity contribution in [3.05, 3.63) is 46.7 Å². The van der Waals surface area contributed by atoms with Crippen LogP contribution in [0.25, 0.3) is 0 Å². The van der Waals surface area contributed by atoms with Crippen molar-refractivity contribution in [2.45, 2.75) is 33.2 Å². The molecule has 6 nitrogen and oxygen atoms in total. The number of carbonyl (C=O) groups excluding carboxylic acids is 2. The number of esters is 1. The van der Waals surface area contributed by atoms with Crippen LogP contribution < -0.4 is 5.32 Å². The van der Waals surface area contributed by atoms with Crippen LogP contribution in [0.1, 0.15) is 37.4 Å². The zero-order valence-corrected chi connectivity index (χ0v) is 16.3. The van der Waals surface area contributed by atoms with Crippen LogP contribution in [0.5, 0.6) is 0 Å². The third-order valence-electron chi connectivity index (χ3n) is 4.60. The molecule has 0 fully saturated rings. The number of hydrogen-bond acceptors (Lipinski definition) is 4. The number of amides is 2. The fourth-order valence-corrected chi connectivity index (χ4v) is 3.26. The Labute approximate surface area is 155 Å². The summed E-state index contributed by atoms with van der Waals surface area (Å²) in [6, 6.07) is 7.05. The number of carbonyl (C=O) groups is 2. The van der Waals surface area contributed by atoms with Crippen molar-refractivity contribution in [3.63, 3.8) is 0 Å². The Kier molecular flexibility index (Phi) is 6.80. The Bertz CT molecular complexity index is 699. The van der Waals surface area contributed by atoms with Gasteiger partial charge in [-0.1, -0.05) is 31.2 Å².